The van der Waals surface area contributed by atoms with Crippen LogP contribution in [0, 0.1) is 15.9 Å². The second-order valence-electron chi connectivity index (χ2n) is 5.03. The van der Waals surface area contributed by atoms with Gasteiger partial charge in [0.2, 0.25) is 0 Å². The van der Waals surface area contributed by atoms with Gasteiger partial charge in [0.1, 0.15) is 11.5 Å². The fourth-order valence-corrected chi connectivity index (χ4v) is 2.66. The lowest BCUT2D eigenvalue weighted by atomic mass is 10.2. The number of nitrogens with one attached hydrogen (secondary N) is 1. The first-order valence-electron chi connectivity index (χ1n) is 6.76. The van der Waals surface area contributed by atoms with Crippen molar-refractivity contribution in [3.05, 3.63) is 32.5 Å². The lowest BCUT2D eigenvalue weighted by Crippen LogP contribution is -2.46. The predicted molar refractivity (Wildman–Crippen MR) is 83.3 cm³/mol. The summed E-state index contributed by atoms with van der Waals surface area (Å²) in [5, 5.41) is 14.4. The second-order valence-corrected chi connectivity index (χ2v) is 5.88. The van der Waals surface area contributed by atoms with Gasteiger partial charge in [-0.05, 0) is 15.9 Å². The highest BCUT2D eigenvalue weighted by Crippen LogP contribution is 2.32. The van der Waals surface area contributed by atoms with Crippen LogP contribution in [0.1, 0.15) is 0 Å². The molecule has 1 aromatic rings. The summed E-state index contributed by atoms with van der Waals surface area (Å²) in [4.78, 5) is 14.6. The van der Waals surface area contributed by atoms with Crippen LogP contribution in [0.25, 0.3) is 0 Å². The molecule has 116 valence electrons. The number of halogens is 2. The third-order valence-corrected chi connectivity index (χ3v) is 4.19. The Hall–Kier alpha value is -1.25. The summed E-state index contributed by atoms with van der Waals surface area (Å²) in [6, 6.07) is 2.42. The predicted octanol–water partition coefficient (Wildman–Crippen LogP) is 1.84. The van der Waals surface area contributed by atoms with Crippen LogP contribution in [-0.4, -0.2) is 56.1 Å². The SMILES string of the molecule is CN(CCN1CCNCC1)c1cc(F)c(Br)cc1[N+](=O)[O-]. The van der Waals surface area contributed by atoms with Gasteiger partial charge in [-0.2, -0.15) is 0 Å². The Bertz CT molecular complexity index is 523. The van der Waals surface area contributed by atoms with Crippen LogP contribution in [-0.2, 0) is 0 Å². The van der Waals surface area contributed by atoms with Crippen molar-refractivity contribution in [3.63, 3.8) is 0 Å². The summed E-state index contributed by atoms with van der Waals surface area (Å²) in [7, 11) is 1.75. The maximum Gasteiger partial charge on any atom is 0.293 e. The Balaban J connectivity index is 2.08. The number of nitro groups is 1. The Morgan fingerprint density at radius 3 is 2.76 bits per heavy atom. The number of nitro benzene ring substituents is 1. The summed E-state index contributed by atoms with van der Waals surface area (Å²) in [5.41, 5.74) is 0.210. The van der Waals surface area contributed by atoms with Crippen molar-refractivity contribution < 1.29 is 9.31 Å². The highest BCUT2D eigenvalue weighted by Gasteiger charge is 2.21. The zero-order valence-electron chi connectivity index (χ0n) is 11.8. The first kappa shape index (κ1) is 16.1. The van der Waals surface area contributed by atoms with Crippen LogP contribution in [0.4, 0.5) is 15.8 Å². The number of nitrogens with zero attached hydrogens (tertiary/aromatic N) is 3. The molecule has 0 saturated carbocycles. The average Bonchev–Trinajstić information content (AvgIpc) is 2.48. The summed E-state index contributed by atoms with van der Waals surface area (Å²) >= 11 is 2.99. The number of benzene rings is 1. The van der Waals surface area contributed by atoms with Gasteiger partial charge in [-0.3, -0.25) is 15.0 Å². The quantitative estimate of drug-likeness (QED) is 0.641. The second kappa shape index (κ2) is 7.15. The molecule has 1 heterocycles. The molecule has 0 amide bonds. The van der Waals surface area contributed by atoms with Gasteiger partial charge in [-0.25, -0.2) is 4.39 Å². The first-order valence-corrected chi connectivity index (χ1v) is 7.56. The van der Waals surface area contributed by atoms with Gasteiger partial charge in [-0.1, -0.05) is 0 Å². The van der Waals surface area contributed by atoms with Crippen LogP contribution >= 0.6 is 15.9 Å². The van der Waals surface area contributed by atoms with Crippen molar-refractivity contribution in [2.45, 2.75) is 0 Å². The minimum absolute atomic E-state index is 0.0916. The van der Waals surface area contributed by atoms with Gasteiger partial charge in [0.05, 0.1) is 9.40 Å². The smallest absolute Gasteiger partial charge is 0.293 e. The average molecular weight is 361 g/mol. The molecule has 0 unspecified atom stereocenters. The molecule has 0 atom stereocenters. The highest BCUT2D eigenvalue weighted by molar-refractivity contribution is 9.10. The van der Waals surface area contributed by atoms with Crippen molar-refractivity contribution in [1.29, 1.82) is 0 Å². The molecule has 0 spiro atoms. The van der Waals surface area contributed by atoms with Crippen LogP contribution in [0.2, 0.25) is 0 Å². The van der Waals surface area contributed by atoms with E-state index in [2.05, 4.69) is 26.1 Å². The summed E-state index contributed by atoms with van der Waals surface area (Å²) in [5.74, 6) is -0.496. The minimum Gasteiger partial charge on any atom is -0.368 e. The van der Waals surface area contributed by atoms with Gasteiger partial charge in [0, 0.05) is 58.4 Å². The standard InChI is InChI=1S/C13H18BrFN4O2/c1-17(6-7-18-4-2-16-3-5-18)12-9-11(15)10(14)8-13(12)19(20)21/h8-9,16H,2-7H2,1H3. The van der Waals surface area contributed by atoms with Gasteiger partial charge in [-0.15, -0.1) is 0 Å². The lowest BCUT2D eigenvalue weighted by molar-refractivity contribution is -0.384. The zero-order valence-corrected chi connectivity index (χ0v) is 13.4. The molecule has 1 saturated heterocycles. The normalized spacial score (nSPS) is 16.0. The number of hydrogen-bond acceptors (Lipinski definition) is 5. The molecule has 1 aromatic carbocycles. The number of hydrogen-bond donors (Lipinski definition) is 1. The number of anilines is 1. The molecule has 1 fully saturated rings. The van der Waals surface area contributed by atoms with Crippen LogP contribution in [0.15, 0.2) is 16.6 Å². The van der Waals surface area contributed by atoms with Gasteiger partial charge in [0.15, 0.2) is 0 Å². The fourth-order valence-electron chi connectivity index (χ4n) is 2.32. The van der Waals surface area contributed by atoms with Gasteiger partial charge < -0.3 is 10.2 Å². The van der Waals surface area contributed by atoms with E-state index in [-0.39, 0.29) is 10.2 Å². The topological polar surface area (TPSA) is 61.6 Å². The molecule has 0 aliphatic carbocycles. The van der Waals surface area contributed by atoms with E-state index in [0.717, 1.165) is 32.7 Å². The Morgan fingerprint density at radius 2 is 2.14 bits per heavy atom. The Kier molecular flexibility index (Phi) is 5.49. The highest BCUT2D eigenvalue weighted by atomic mass is 79.9. The van der Waals surface area contributed by atoms with Crippen LogP contribution < -0.4 is 10.2 Å². The molecule has 1 aliphatic rings. The van der Waals surface area contributed by atoms with E-state index < -0.39 is 10.7 Å². The number of piperazine rings is 1. The molecule has 6 nitrogen and oxygen atoms in total. The van der Waals surface area contributed by atoms with Gasteiger partial charge in [0.25, 0.3) is 5.69 Å². The van der Waals surface area contributed by atoms with E-state index in [1.165, 1.54) is 12.1 Å². The maximum absolute atomic E-state index is 13.7. The Labute approximate surface area is 131 Å². The van der Waals surface area contributed by atoms with Crippen molar-refractivity contribution in [1.82, 2.24) is 10.2 Å². The summed E-state index contributed by atoms with van der Waals surface area (Å²) in [6.45, 7) is 5.25. The molecule has 8 heteroatoms. The van der Waals surface area contributed by atoms with Crippen molar-refractivity contribution >= 4 is 27.3 Å². The monoisotopic (exact) mass is 360 g/mol. The van der Waals surface area contributed by atoms with E-state index in [4.69, 9.17) is 0 Å². The molecule has 0 bridgehead atoms. The van der Waals surface area contributed by atoms with Crippen molar-refractivity contribution in [2.24, 2.45) is 0 Å². The Morgan fingerprint density at radius 1 is 1.48 bits per heavy atom. The van der Waals surface area contributed by atoms with Crippen LogP contribution in [0.5, 0.6) is 0 Å². The number of rotatable bonds is 5. The molecule has 21 heavy (non-hydrogen) atoms. The lowest BCUT2D eigenvalue weighted by Gasteiger charge is -2.29. The maximum atomic E-state index is 13.7. The van der Waals surface area contributed by atoms with E-state index in [0.29, 0.717) is 12.2 Å². The molecular weight excluding hydrogens is 343 g/mol. The number of likely N-dealkylation sites (N-methyl/N-ethyl adjacent to an activating group) is 1. The van der Waals surface area contributed by atoms with Crippen molar-refractivity contribution in [3.8, 4) is 0 Å². The third kappa shape index (κ3) is 4.12. The molecule has 0 aromatic heterocycles. The zero-order chi connectivity index (χ0) is 15.4. The van der Waals surface area contributed by atoms with E-state index in [1.54, 1.807) is 11.9 Å². The molecule has 1 N–H and O–H groups in total. The molecule has 1 aliphatic heterocycles. The first-order chi connectivity index (χ1) is 9.99. The van der Waals surface area contributed by atoms with E-state index in [9.17, 15) is 14.5 Å². The van der Waals surface area contributed by atoms with Crippen LogP contribution in [0.3, 0.4) is 0 Å². The van der Waals surface area contributed by atoms with Gasteiger partial charge >= 0.3 is 0 Å². The third-order valence-electron chi connectivity index (χ3n) is 3.59. The van der Waals surface area contributed by atoms with E-state index in [1.807, 2.05) is 0 Å². The molecule has 2 rings (SSSR count). The van der Waals surface area contributed by atoms with Crippen molar-refractivity contribution in [2.75, 3.05) is 51.2 Å². The molecule has 0 radical (unpaired) electrons. The molecular formula is C13H18BrFN4O2. The fraction of sp³-hybridized carbons (Fsp3) is 0.538. The minimum atomic E-state index is -0.496. The van der Waals surface area contributed by atoms with E-state index >= 15 is 0 Å². The summed E-state index contributed by atoms with van der Waals surface area (Å²) < 4.78 is 13.8. The summed E-state index contributed by atoms with van der Waals surface area (Å²) in [6.07, 6.45) is 0. The largest absolute Gasteiger partial charge is 0.368 e.